The molecule has 0 aromatic rings. The molecule has 0 saturated carbocycles. The number of aliphatic hydroxyl groups is 2. The van der Waals surface area contributed by atoms with Crippen LogP contribution < -0.4 is 68.9 Å². The minimum atomic E-state index is -5.33. The van der Waals surface area contributed by atoms with E-state index in [2.05, 4.69) is 18.4 Å². The molecule has 0 aromatic carbocycles. The molecule has 0 aromatic heterocycles. The summed E-state index contributed by atoms with van der Waals surface area (Å²) in [5.41, 5.74) is 0. The topological polar surface area (TPSA) is 165 Å². The minimum Gasteiger partial charge on any atom is -0.790 e. The van der Waals surface area contributed by atoms with Crippen LogP contribution in [0, 0.1) is 0 Å². The van der Waals surface area contributed by atoms with E-state index < -0.39 is 44.7 Å². The molecule has 0 aliphatic rings. The number of unbranched alkanes of at least 4 members (excludes halogenated alkanes) is 20. The summed E-state index contributed by atoms with van der Waals surface area (Å²) in [7, 11) is -5.33. The van der Waals surface area contributed by atoms with Crippen molar-refractivity contribution in [3.63, 3.8) is 0 Å². The zero-order valence-corrected chi connectivity index (χ0v) is 35.3. The van der Waals surface area contributed by atoms with E-state index >= 15 is 0 Å². The Morgan fingerprint density at radius 1 is 0.574 bits per heavy atom. The van der Waals surface area contributed by atoms with Crippen LogP contribution in [0.25, 0.3) is 0 Å². The Bertz CT molecular complexity index is 756. The van der Waals surface area contributed by atoms with E-state index in [0.717, 1.165) is 38.5 Å². The smallest absolute Gasteiger partial charge is 0.790 e. The van der Waals surface area contributed by atoms with Gasteiger partial charge >= 0.3 is 71.1 Å². The second-order valence-electron chi connectivity index (χ2n) is 12.5. The number of phosphoric acid groups is 1. The van der Waals surface area contributed by atoms with Gasteiger partial charge < -0.3 is 38.6 Å². The molecule has 0 aliphatic carbocycles. The summed E-state index contributed by atoms with van der Waals surface area (Å²) in [6, 6.07) is 0. The molecule has 47 heavy (non-hydrogen) atoms. The Morgan fingerprint density at radius 2 is 0.936 bits per heavy atom. The fraction of sp³-hybridized carbons (Fsp3) is 0.941. The normalized spacial score (nSPS) is 13.2. The molecule has 10 nitrogen and oxygen atoms in total. The number of hydrogen-bond acceptors (Lipinski definition) is 10. The maximum Gasteiger partial charge on any atom is 1.00 e. The molecule has 0 spiro atoms. The van der Waals surface area contributed by atoms with E-state index in [1.807, 2.05) is 0 Å². The van der Waals surface area contributed by atoms with Crippen LogP contribution in [0.4, 0.5) is 0 Å². The molecule has 2 unspecified atom stereocenters. The molecule has 0 fully saturated rings. The van der Waals surface area contributed by atoms with E-state index in [1.165, 1.54) is 89.9 Å². The Kier molecular flexibility index (Phi) is 40.9. The summed E-state index contributed by atoms with van der Waals surface area (Å²) >= 11 is 0. The van der Waals surface area contributed by atoms with Crippen molar-refractivity contribution >= 4 is 19.8 Å². The van der Waals surface area contributed by atoms with E-state index in [-0.39, 0.29) is 85.0 Å². The van der Waals surface area contributed by atoms with Gasteiger partial charge in [-0.15, -0.1) is 0 Å². The van der Waals surface area contributed by atoms with Gasteiger partial charge in [0, 0.05) is 19.3 Å². The van der Waals surface area contributed by atoms with Gasteiger partial charge in [0.25, 0.3) is 0 Å². The number of hydrogen-bond donors (Lipinski definition) is 2. The first-order chi connectivity index (χ1) is 21.6. The average Bonchev–Trinajstić information content (AvgIpc) is 2.99. The number of carbonyl (C=O) groups is 2. The summed E-state index contributed by atoms with van der Waals surface area (Å²) < 4.78 is 25.5. The van der Waals surface area contributed by atoms with Crippen molar-refractivity contribution in [1.29, 1.82) is 0 Å². The molecule has 268 valence electrons. The number of esters is 2. The van der Waals surface area contributed by atoms with E-state index in [9.17, 15) is 34.2 Å². The van der Waals surface area contributed by atoms with Gasteiger partial charge in [0.1, 0.15) is 18.8 Å². The van der Waals surface area contributed by atoms with Crippen LogP contribution in [0.5, 0.6) is 0 Å². The molecule has 0 bridgehead atoms. The molecular formula is C34H65Na2O10P. The Labute approximate surface area is 330 Å². The number of carbonyl (C=O) groups excluding carboxylic acids is 2. The van der Waals surface area contributed by atoms with Crippen LogP contribution in [0.1, 0.15) is 174 Å². The molecule has 0 rings (SSSR count). The Morgan fingerprint density at radius 3 is 1.32 bits per heavy atom. The van der Waals surface area contributed by atoms with Crippen molar-refractivity contribution in [2.75, 3.05) is 13.2 Å². The van der Waals surface area contributed by atoms with Gasteiger partial charge in [0.15, 0.2) is 0 Å². The Balaban J connectivity index is -0.00000968. The largest absolute Gasteiger partial charge is 1.00 e. The molecule has 3 atom stereocenters. The van der Waals surface area contributed by atoms with Crippen LogP contribution in [0.3, 0.4) is 0 Å². The third-order valence-corrected chi connectivity index (χ3v) is 8.51. The van der Waals surface area contributed by atoms with Crippen molar-refractivity contribution in [1.82, 2.24) is 0 Å². The van der Waals surface area contributed by atoms with Crippen LogP contribution in [-0.2, 0) is 28.2 Å². The van der Waals surface area contributed by atoms with Crippen LogP contribution >= 0.6 is 7.82 Å². The minimum absolute atomic E-state index is 0. The fourth-order valence-electron chi connectivity index (χ4n) is 5.23. The predicted molar refractivity (Wildman–Crippen MR) is 173 cm³/mol. The van der Waals surface area contributed by atoms with E-state index in [4.69, 9.17) is 9.47 Å². The van der Waals surface area contributed by atoms with Crippen molar-refractivity contribution < 1.29 is 107 Å². The third-order valence-electron chi connectivity index (χ3n) is 8.05. The van der Waals surface area contributed by atoms with Gasteiger partial charge in [-0.25, -0.2) is 0 Å². The number of aliphatic hydroxyl groups excluding tert-OH is 2. The van der Waals surface area contributed by atoms with Crippen molar-refractivity contribution in [3.8, 4) is 0 Å². The zero-order valence-electron chi connectivity index (χ0n) is 30.4. The molecule has 13 heteroatoms. The molecule has 0 heterocycles. The molecule has 0 saturated heterocycles. The summed E-state index contributed by atoms with van der Waals surface area (Å²) in [5.74, 6) is -0.937. The molecule has 0 aliphatic heterocycles. The Hall–Kier alpha value is 0.970. The van der Waals surface area contributed by atoms with Gasteiger partial charge in [-0.2, -0.15) is 0 Å². The number of ether oxygens (including phenoxy) is 2. The second kappa shape index (κ2) is 36.8. The SMILES string of the molecule is CCCCCCCCCCCCCC(=O)OC[C@@H](CC(O)C(O)COP(=O)([O-])[O-])OC(=O)CCCCCCCCCCCCC.[Na+].[Na+]. The van der Waals surface area contributed by atoms with E-state index in [1.54, 1.807) is 0 Å². The third kappa shape index (κ3) is 38.0. The summed E-state index contributed by atoms with van der Waals surface area (Å²) in [5, 5.41) is 20.3. The predicted octanol–water partition coefficient (Wildman–Crippen LogP) is 0.809. The summed E-state index contributed by atoms with van der Waals surface area (Å²) in [4.78, 5) is 46.2. The number of rotatable bonds is 33. The zero-order chi connectivity index (χ0) is 33.6. The molecule has 2 N–H and O–H groups in total. The first-order valence-electron chi connectivity index (χ1n) is 18.0. The van der Waals surface area contributed by atoms with Gasteiger partial charge in [0.05, 0.1) is 20.5 Å². The maximum absolute atomic E-state index is 12.5. The summed E-state index contributed by atoms with van der Waals surface area (Å²) in [6.45, 7) is 3.20. The van der Waals surface area contributed by atoms with Crippen molar-refractivity contribution in [3.05, 3.63) is 0 Å². The quantitative estimate of drug-likeness (QED) is 0.0431. The molecular weight excluding hydrogens is 645 g/mol. The summed E-state index contributed by atoms with van der Waals surface area (Å²) in [6.07, 6.45) is 21.2. The van der Waals surface area contributed by atoms with Gasteiger partial charge in [-0.3, -0.25) is 9.59 Å². The standard InChI is InChI=1S/C34H67O10P.2Na/c1-3-5-7-9-11-13-15-17-19-21-23-25-33(37)42-28-30(27-31(35)32(36)29-43-45(39,40)41)44-34(38)26-24-22-20-18-16-14-12-10-8-6-4-2;;/h30-32,35-36H,3-29H2,1-2H3,(H2,39,40,41);;/q;2*+1/p-2/t30-,31?,32?;;/m1../s1. The fourth-order valence-corrected chi connectivity index (χ4v) is 5.56. The van der Waals surface area contributed by atoms with Crippen molar-refractivity contribution in [2.45, 2.75) is 193 Å². The molecule has 0 radical (unpaired) electrons. The van der Waals surface area contributed by atoms with Gasteiger partial charge in [-0.05, 0) is 12.8 Å². The van der Waals surface area contributed by atoms with Crippen LogP contribution in [0.2, 0.25) is 0 Å². The monoisotopic (exact) mass is 710 g/mol. The van der Waals surface area contributed by atoms with Crippen LogP contribution in [0.15, 0.2) is 0 Å². The molecule has 0 amide bonds. The first kappa shape index (κ1) is 52.3. The average molecular weight is 711 g/mol. The second-order valence-corrected chi connectivity index (χ2v) is 13.6. The maximum atomic E-state index is 12.5. The van der Waals surface area contributed by atoms with Gasteiger partial charge in [-0.1, -0.05) is 142 Å². The first-order valence-corrected chi connectivity index (χ1v) is 19.4. The van der Waals surface area contributed by atoms with E-state index in [0.29, 0.717) is 12.8 Å². The van der Waals surface area contributed by atoms with Crippen molar-refractivity contribution in [2.24, 2.45) is 0 Å². The number of phosphoric ester groups is 1. The van der Waals surface area contributed by atoms with Gasteiger partial charge in [0.2, 0.25) is 0 Å². The van der Waals surface area contributed by atoms with Crippen LogP contribution in [-0.4, -0.2) is 53.7 Å².